The number of carbonyl (C=O) groups excluding carboxylic acids is 2. The molecule has 2 aromatic rings. The van der Waals surface area contributed by atoms with Crippen LogP contribution in [0.3, 0.4) is 0 Å². The van der Waals surface area contributed by atoms with E-state index in [1.807, 2.05) is 12.2 Å². The minimum Gasteiger partial charge on any atom is -0.454 e. The number of aryl methyl sites for hydroxylation is 1. The van der Waals surface area contributed by atoms with Crippen LogP contribution in [0.5, 0.6) is 11.5 Å². The molecule has 0 radical (unpaired) electrons. The summed E-state index contributed by atoms with van der Waals surface area (Å²) in [7, 11) is 0. The Morgan fingerprint density at radius 3 is 2.41 bits per heavy atom. The lowest BCUT2D eigenvalue weighted by Crippen LogP contribution is -2.40. The number of ether oxygens (including phenoxy) is 2. The van der Waals surface area contributed by atoms with E-state index < -0.39 is 24.0 Å². The molecular formula is C20H19F3N2O4. The van der Waals surface area contributed by atoms with E-state index in [4.69, 9.17) is 9.47 Å². The fraction of sp³-hybridized carbons (Fsp3) is 0.300. The molecule has 0 bridgehead atoms. The van der Waals surface area contributed by atoms with Crippen LogP contribution in [0.15, 0.2) is 42.5 Å². The minimum absolute atomic E-state index is 0.0754. The Bertz CT molecular complexity index is 898. The Hall–Kier alpha value is -3.23. The highest BCUT2D eigenvalue weighted by Crippen LogP contribution is 2.34. The molecule has 1 aliphatic rings. The molecular weight excluding hydrogens is 389 g/mol. The summed E-state index contributed by atoms with van der Waals surface area (Å²) >= 11 is 0. The fourth-order valence-corrected chi connectivity index (χ4v) is 2.85. The van der Waals surface area contributed by atoms with Gasteiger partial charge in [0.1, 0.15) is 0 Å². The third-order valence-corrected chi connectivity index (χ3v) is 4.40. The Morgan fingerprint density at radius 2 is 1.76 bits per heavy atom. The first-order chi connectivity index (χ1) is 13.8. The van der Waals surface area contributed by atoms with Crippen molar-refractivity contribution in [3.05, 3.63) is 53.6 Å². The minimum atomic E-state index is -5.05. The molecule has 1 heterocycles. The fourth-order valence-electron chi connectivity index (χ4n) is 2.85. The van der Waals surface area contributed by atoms with E-state index in [1.54, 1.807) is 42.5 Å². The van der Waals surface area contributed by atoms with Gasteiger partial charge < -0.3 is 20.1 Å². The van der Waals surface area contributed by atoms with Gasteiger partial charge in [0.05, 0.1) is 12.5 Å². The molecule has 0 aromatic heterocycles. The van der Waals surface area contributed by atoms with E-state index in [2.05, 4.69) is 5.32 Å². The summed E-state index contributed by atoms with van der Waals surface area (Å²) in [4.78, 5) is 23.9. The lowest BCUT2D eigenvalue weighted by molar-refractivity contribution is -0.174. The largest absolute Gasteiger partial charge is 0.471 e. The smallest absolute Gasteiger partial charge is 0.454 e. The summed E-state index contributed by atoms with van der Waals surface area (Å²) in [6, 6.07) is 10.3. The van der Waals surface area contributed by atoms with Crippen LogP contribution in [0.2, 0.25) is 0 Å². The van der Waals surface area contributed by atoms with Gasteiger partial charge in [-0.1, -0.05) is 31.2 Å². The van der Waals surface area contributed by atoms with Gasteiger partial charge in [0.25, 0.3) is 0 Å². The van der Waals surface area contributed by atoms with Crippen LogP contribution in [-0.4, -0.2) is 24.8 Å². The van der Waals surface area contributed by atoms with Gasteiger partial charge in [0.2, 0.25) is 12.7 Å². The number of anilines is 1. The van der Waals surface area contributed by atoms with Crippen LogP contribution in [0.1, 0.15) is 30.5 Å². The van der Waals surface area contributed by atoms with Gasteiger partial charge in [-0.05, 0) is 29.7 Å². The van der Waals surface area contributed by atoms with Crippen molar-refractivity contribution in [3.63, 3.8) is 0 Å². The maximum atomic E-state index is 12.7. The van der Waals surface area contributed by atoms with Gasteiger partial charge in [-0.2, -0.15) is 13.2 Å². The van der Waals surface area contributed by atoms with Crippen LogP contribution >= 0.6 is 0 Å². The highest BCUT2D eigenvalue weighted by molar-refractivity contribution is 5.92. The van der Waals surface area contributed by atoms with Crippen LogP contribution in [-0.2, 0) is 16.0 Å². The zero-order valence-electron chi connectivity index (χ0n) is 15.5. The number of rotatable bonds is 6. The lowest BCUT2D eigenvalue weighted by atomic mass is 10.0. The van der Waals surface area contributed by atoms with Gasteiger partial charge >= 0.3 is 12.1 Å². The van der Waals surface area contributed by atoms with Gasteiger partial charge in [-0.15, -0.1) is 0 Å². The van der Waals surface area contributed by atoms with Gasteiger partial charge in [-0.25, -0.2) is 0 Å². The molecule has 0 saturated heterocycles. The van der Waals surface area contributed by atoms with Crippen molar-refractivity contribution in [3.8, 4) is 11.5 Å². The highest BCUT2D eigenvalue weighted by Gasteiger charge is 2.40. The molecule has 9 heteroatoms. The van der Waals surface area contributed by atoms with Crippen LogP contribution < -0.4 is 20.1 Å². The number of carbonyl (C=O) groups is 2. The summed E-state index contributed by atoms with van der Waals surface area (Å²) in [5.74, 6) is -1.66. The molecule has 0 aliphatic carbocycles. The number of amides is 2. The third-order valence-electron chi connectivity index (χ3n) is 4.40. The second-order valence-corrected chi connectivity index (χ2v) is 6.44. The number of alkyl halides is 3. The van der Waals surface area contributed by atoms with Crippen molar-refractivity contribution < 1.29 is 32.2 Å². The molecule has 0 fully saturated rings. The molecule has 1 atom stereocenters. The average molecular weight is 408 g/mol. The SMILES string of the molecule is CCc1ccc([C@H](CC(=O)Nc2ccc3c(c2)OCO3)NC(=O)C(F)(F)F)cc1. The molecule has 0 unspecified atom stereocenters. The predicted molar refractivity (Wildman–Crippen MR) is 98.6 cm³/mol. The van der Waals surface area contributed by atoms with Gasteiger partial charge in [0, 0.05) is 11.8 Å². The van der Waals surface area contributed by atoms with Crippen molar-refractivity contribution in [2.75, 3.05) is 12.1 Å². The summed E-state index contributed by atoms with van der Waals surface area (Å²) in [5, 5.41) is 4.50. The van der Waals surface area contributed by atoms with Crippen molar-refractivity contribution >= 4 is 17.5 Å². The second kappa shape index (κ2) is 8.42. The summed E-state index contributed by atoms with van der Waals surface area (Å²) in [5.41, 5.74) is 1.79. The molecule has 2 amide bonds. The number of benzene rings is 2. The Labute approximate surface area is 165 Å². The molecule has 1 aliphatic heterocycles. The summed E-state index contributed by atoms with van der Waals surface area (Å²) in [6.45, 7) is 2.02. The van der Waals surface area contributed by atoms with E-state index in [1.165, 1.54) is 0 Å². The monoisotopic (exact) mass is 408 g/mol. The van der Waals surface area contributed by atoms with E-state index >= 15 is 0 Å². The Morgan fingerprint density at radius 1 is 1.07 bits per heavy atom. The second-order valence-electron chi connectivity index (χ2n) is 6.44. The van der Waals surface area contributed by atoms with Crippen molar-refractivity contribution in [2.45, 2.75) is 32.0 Å². The highest BCUT2D eigenvalue weighted by atomic mass is 19.4. The quantitative estimate of drug-likeness (QED) is 0.764. The zero-order chi connectivity index (χ0) is 21.0. The van der Waals surface area contributed by atoms with Crippen LogP contribution in [0, 0.1) is 0 Å². The molecule has 2 aromatic carbocycles. The van der Waals surface area contributed by atoms with E-state index in [9.17, 15) is 22.8 Å². The predicted octanol–water partition coefficient (Wildman–Crippen LogP) is 3.73. The number of halogens is 3. The van der Waals surface area contributed by atoms with E-state index in [-0.39, 0.29) is 13.2 Å². The first-order valence-electron chi connectivity index (χ1n) is 8.92. The summed E-state index contributed by atoms with van der Waals surface area (Å²) in [6.07, 6.45) is -4.67. The first-order valence-corrected chi connectivity index (χ1v) is 8.92. The average Bonchev–Trinajstić information content (AvgIpc) is 3.14. The van der Waals surface area contributed by atoms with Crippen molar-refractivity contribution in [1.82, 2.24) is 5.32 Å². The first kappa shape index (κ1) is 20.5. The molecule has 29 heavy (non-hydrogen) atoms. The van der Waals surface area contributed by atoms with Crippen LogP contribution in [0.4, 0.5) is 18.9 Å². The third kappa shape index (κ3) is 5.18. The number of hydrogen-bond donors (Lipinski definition) is 2. The summed E-state index contributed by atoms with van der Waals surface area (Å²) < 4.78 is 48.6. The van der Waals surface area contributed by atoms with Crippen molar-refractivity contribution in [1.29, 1.82) is 0 Å². The standard InChI is InChI=1S/C20H19F3N2O4/c1-2-12-3-5-13(6-4-12)15(25-19(27)20(21,22)23)10-18(26)24-14-7-8-16-17(9-14)29-11-28-16/h3-9,15H,2,10-11H2,1H3,(H,24,26)(H,25,27)/t15-/m0/s1. The normalized spacial score (nSPS) is 13.7. The lowest BCUT2D eigenvalue weighted by Gasteiger charge is -2.20. The molecule has 2 N–H and O–H groups in total. The Balaban J connectivity index is 1.74. The number of nitrogens with one attached hydrogen (secondary N) is 2. The van der Waals surface area contributed by atoms with Gasteiger partial charge in [0.15, 0.2) is 11.5 Å². The molecule has 0 spiro atoms. The van der Waals surface area contributed by atoms with E-state index in [0.717, 1.165) is 12.0 Å². The Kier molecular flexibility index (Phi) is 5.95. The molecule has 3 rings (SSSR count). The number of fused-ring (bicyclic) bond motifs is 1. The van der Waals surface area contributed by atoms with E-state index in [0.29, 0.717) is 22.7 Å². The molecule has 154 valence electrons. The topological polar surface area (TPSA) is 76.7 Å². The number of hydrogen-bond acceptors (Lipinski definition) is 4. The zero-order valence-corrected chi connectivity index (χ0v) is 15.5. The van der Waals surface area contributed by atoms with Crippen LogP contribution in [0.25, 0.3) is 0 Å². The molecule has 6 nitrogen and oxygen atoms in total. The maximum absolute atomic E-state index is 12.7. The van der Waals surface area contributed by atoms with Crippen molar-refractivity contribution in [2.24, 2.45) is 0 Å². The molecule has 0 saturated carbocycles. The maximum Gasteiger partial charge on any atom is 0.471 e. The van der Waals surface area contributed by atoms with Gasteiger partial charge in [-0.3, -0.25) is 9.59 Å².